The SMILES string of the molecule is c1ccc2c(c1)Sc1cccc3nc(-n4c5ccccc5c5c6ccccc6c6ccccc6c54)nc-2c13. The Bertz CT molecular complexity index is 2280. The number of benzene rings is 6. The van der Waals surface area contributed by atoms with Gasteiger partial charge >= 0.3 is 0 Å². The molecule has 0 aliphatic carbocycles. The van der Waals surface area contributed by atoms with E-state index < -0.39 is 0 Å². The van der Waals surface area contributed by atoms with E-state index in [0.29, 0.717) is 5.95 Å². The topological polar surface area (TPSA) is 30.7 Å². The average Bonchev–Trinajstić information content (AvgIpc) is 3.33. The zero-order chi connectivity index (χ0) is 24.8. The molecule has 6 aromatic carbocycles. The molecule has 0 unspecified atom stereocenters. The van der Waals surface area contributed by atoms with Crippen LogP contribution in [0.3, 0.4) is 0 Å². The number of hydrogen-bond acceptors (Lipinski definition) is 3. The molecule has 9 rings (SSSR count). The Hall–Kier alpha value is -4.67. The first kappa shape index (κ1) is 20.4. The molecule has 1 aliphatic heterocycles. The van der Waals surface area contributed by atoms with E-state index >= 15 is 0 Å². The third kappa shape index (κ3) is 2.60. The fourth-order valence-corrected chi connectivity index (χ4v) is 7.33. The number of fused-ring (bicyclic) bond motifs is 10. The maximum atomic E-state index is 5.34. The summed E-state index contributed by atoms with van der Waals surface area (Å²) in [6, 6.07) is 41.1. The molecule has 0 saturated heterocycles. The minimum absolute atomic E-state index is 0.706. The van der Waals surface area contributed by atoms with Crippen molar-refractivity contribution >= 4 is 66.0 Å². The predicted molar refractivity (Wildman–Crippen MR) is 158 cm³/mol. The average molecular weight is 502 g/mol. The van der Waals surface area contributed by atoms with Gasteiger partial charge in [0.2, 0.25) is 5.95 Å². The first-order valence-corrected chi connectivity index (χ1v) is 13.6. The molecule has 2 aromatic heterocycles. The standard InChI is InChI=1S/C34H19N3S/c1-3-12-22-20(10-1)21-11-2-4-13-23(21)33-30(22)24-14-5-7-17-27(24)37(33)34-35-26-16-9-19-29-31(26)32(36-34)25-15-6-8-18-28(25)38-29/h1-19H. The van der Waals surface area contributed by atoms with Gasteiger partial charge in [-0.25, -0.2) is 9.97 Å². The van der Waals surface area contributed by atoms with Crippen LogP contribution in [-0.2, 0) is 0 Å². The summed E-state index contributed by atoms with van der Waals surface area (Å²) in [4.78, 5) is 13.0. The number of rotatable bonds is 1. The summed E-state index contributed by atoms with van der Waals surface area (Å²) in [6.07, 6.45) is 0. The van der Waals surface area contributed by atoms with Crippen molar-refractivity contribution < 1.29 is 0 Å². The van der Waals surface area contributed by atoms with Crippen LogP contribution in [-0.4, -0.2) is 14.5 Å². The molecule has 38 heavy (non-hydrogen) atoms. The number of hydrogen-bond donors (Lipinski definition) is 0. The zero-order valence-electron chi connectivity index (χ0n) is 20.2. The lowest BCUT2D eigenvalue weighted by atomic mass is 9.97. The Balaban J connectivity index is 1.52. The van der Waals surface area contributed by atoms with Gasteiger partial charge < -0.3 is 0 Å². The Morgan fingerprint density at radius 2 is 1.16 bits per heavy atom. The quantitative estimate of drug-likeness (QED) is 0.210. The summed E-state index contributed by atoms with van der Waals surface area (Å²) >= 11 is 1.80. The molecule has 176 valence electrons. The lowest BCUT2D eigenvalue weighted by molar-refractivity contribution is 1.01. The second-order valence-electron chi connectivity index (χ2n) is 9.79. The van der Waals surface area contributed by atoms with E-state index in [4.69, 9.17) is 9.97 Å². The molecule has 0 bridgehead atoms. The summed E-state index contributed by atoms with van der Waals surface area (Å²) in [6.45, 7) is 0. The van der Waals surface area contributed by atoms with Crippen molar-refractivity contribution in [3.05, 3.63) is 115 Å². The van der Waals surface area contributed by atoms with Gasteiger partial charge in [0.05, 0.1) is 22.2 Å². The number of nitrogens with zero attached hydrogens (tertiary/aromatic N) is 3. The van der Waals surface area contributed by atoms with Crippen molar-refractivity contribution in [1.29, 1.82) is 0 Å². The third-order valence-corrected chi connectivity index (χ3v) is 8.91. The smallest absolute Gasteiger partial charge is 0.235 e. The molecule has 3 heterocycles. The van der Waals surface area contributed by atoms with Crippen molar-refractivity contribution in [1.82, 2.24) is 14.5 Å². The highest BCUT2D eigenvalue weighted by Crippen LogP contribution is 2.47. The zero-order valence-corrected chi connectivity index (χ0v) is 21.0. The molecule has 1 aliphatic rings. The minimum atomic E-state index is 0.706. The first-order chi connectivity index (χ1) is 18.9. The van der Waals surface area contributed by atoms with Crippen LogP contribution in [0, 0.1) is 0 Å². The molecule has 0 amide bonds. The fraction of sp³-hybridized carbons (Fsp3) is 0. The van der Waals surface area contributed by atoms with Crippen LogP contribution in [0.4, 0.5) is 0 Å². The van der Waals surface area contributed by atoms with Gasteiger partial charge in [-0.1, -0.05) is 103 Å². The summed E-state index contributed by atoms with van der Waals surface area (Å²) in [5, 5.41) is 8.57. The van der Waals surface area contributed by atoms with Crippen molar-refractivity contribution in [2.24, 2.45) is 0 Å². The van der Waals surface area contributed by atoms with Gasteiger partial charge in [-0.3, -0.25) is 4.57 Å². The summed E-state index contributed by atoms with van der Waals surface area (Å²) in [7, 11) is 0. The van der Waals surface area contributed by atoms with E-state index in [1.165, 1.54) is 47.7 Å². The third-order valence-electron chi connectivity index (χ3n) is 7.78. The van der Waals surface area contributed by atoms with Crippen LogP contribution in [0.5, 0.6) is 0 Å². The molecule has 8 aromatic rings. The molecule has 3 nitrogen and oxygen atoms in total. The first-order valence-electron chi connectivity index (χ1n) is 12.8. The van der Waals surface area contributed by atoms with E-state index in [1.807, 2.05) is 0 Å². The predicted octanol–water partition coefficient (Wildman–Crippen LogP) is 9.16. The van der Waals surface area contributed by atoms with E-state index in [-0.39, 0.29) is 0 Å². The Morgan fingerprint density at radius 3 is 2.03 bits per heavy atom. The molecule has 0 fully saturated rings. The normalized spacial score (nSPS) is 12.6. The second kappa shape index (κ2) is 7.44. The Morgan fingerprint density at radius 1 is 0.500 bits per heavy atom. The lowest BCUT2D eigenvalue weighted by Crippen LogP contribution is -2.05. The molecule has 0 spiro atoms. The summed E-state index contributed by atoms with van der Waals surface area (Å²) in [5.41, 5.74) is 5.42. The van der Waals surface area contributed by atoms with E-state index in [0.717, 1.165) is 27.6 Å². The van der Waals surface area contributed by atoms with Crippen LogP contribution in [0.25, 0.3) is 71.5 Å². The second-order valence-corrected chi connectivity index (χ2v) is 10.9. The molecule has 0 atom stereocenters. The van der Waals surface area contributed by atoms with Gasteiger partial charge in [0, 0.05) is 36.9 Å². The maximum Gasteiger partial charge on any atom is 0.235 e. The summed E-state index contributed by atoms with van der Waals surface area (Å²) < 4.78 is 2.28. The van der Waals surface area contributed by atoms with E-state index in [2.05, 4.69) is 120 Å². The number of aromatic nitrogens is 3. The molecule has 0 N–H and O–H groups in total. The highest BCUT2D eigenvalue weighted by Gasteiger charge is 2.24. The summed E-state index contributed by atoms with van der Waals surface area (Å²) in [5.74, 6) is 0.706. The van der Waals surface area contributed by atoms with Crippen LogP contribution in [0.1, 0.15) is 0 Å². The molecular formula is C34H19N3S. The number of para-hydroxylation sites is 1. The minimum Gasteiger partial charge on any atom is -0.277 e. The molecule has 4 heteroatoms. The van der Waals surface area contributed by atoms with Gasteiger partial charge in [-0.05, 0) is 40.4 Å². The van der Waals surface area contributed by atoms with Gasteiger partial charge in [0.15, 0.2) is 0 Å². The largest absolute Gasteiger partial charge is 0.277 e. The van der Waals surface area contributed by atoms with E-state index in [9.17, 15) is 0 Å². The van der Waals surface area contributed by atoms with Gasteiger partial charge in [-0.2, -0.15) is 0 Å². The molecule has 0 radical (unpaired) electrons. The van der Waals surface area contributed by atoms with Crippen LogP contribution in [0.15, 0.2) is 125 Å². The van der Waals surface area contributed by atoms with Gasteiger partial charge in [0.1, 0.15) is 0 Å². The van der Waals surface area contributed by atoms with Crippen LogP contribution in [0.2, 0.25) is 0 Å². The van der Waals surface area contributed by atoms with Gasteiger partial charge in [-0.15, -0.1) is 0 Å². The van der Waals surface area contributed by atoms with Crippen molar-refractivity contribution in [3.8, 4) is 17.2 Å². The van der Waals surface area contributed by atoms with E-state index in [1.54, 1.807) is 11.8 Å². The molecular weight excluding hydrogens is 482 g/mol. The monoisotopic (exact) mass is 501 g/mol. The lowest BCUT2D eigenvalue weighted by Gasteiger charge is -2.20. The van der Waals surface area contributed by atoms with Crippen LogP contribution >= 0.6 is 11.8 Å². The highest BCUT2D eigenvalue weighted by atomic mass is 32.2. The van der Waals surface area contributed by atoms with Crippen molar-refractivity contribution in [2.45, 2.75) is 9.79 Å². The maximum absolute atomic E-state index is 5.34. The highest BCUT2D eigenvalue weighted by molar-refractivity contribution is 7.99. The Kier molecular flexibility index (Phi) is 3.99. The Labute approximate surface area is 222 Å². The van der Waals surface area contributed by atoms with Crippen LogP contribution < -0.4 is 0 Å². The van der Waals surface area contributed by atoms with Crippen molar-refractivity contribution in [3.63, 3.8) is 0 Å². The fourth-order valence-electron chi connectivity index (χ4n) is 6.22. The van der Waals surface area contributed by atoms with Crippen molar-refractivity contribution in [2.75, 3.05) is 0 Å². The molecule has 0 saturated carbocycles. The van der Waals surface area contributed by atoms with Gasteiger partial charge in [0.25, 0.3) is 0 Å².